The van der Waals surface area contributed by atoms with Gasteiger partial charge in [0.1, 0.15) is 11.5 Å². The molecule has 1 aliphatic rings. The van der Waals surface area contributed by atoms with Gasteiger partial charge in [-0.2, -0.15) is 0 Å². The minimum Gasteiger partial charge on any atom is -0.465 e. The van der Waals surface area contributed by atoms with Crippen molar-refractivity contribution in [2.75, 3.05) is 13.2 Å². The molecule has 6 nitrogen and oxygen atoms in total. The quantitative estimate of drug-likeness (QED) is 0.464. The Morgan fingerprint density at radius 1 is 1.24 bits per heavy atom. The molecule has 0 aliphatic carbocycles. The fourth-order valence-corrected chi connectivity index (χ4v) is 3.48. The van der Waals surface area contributed by atoms with Gasteiger partial charge in [-0.25, -0.2) is 0 Å². The number of esters is 1. The summed E-state index contributed by atoms with van der Waals surface area (Å²) in [5.41, 5.74) is 1.01. The predicted molar refractivity (Wildman–Crippen MR) is 91.9 cm³/mol. The molecule has 0 radical (unpaired) electrons. The number of halogens is 1. The van der Waals surface area contributed by atoms with Crippen molar-refractivity contribution in [3.05, 3.63) is 68.7 Å². The molecule has 0 aromatic heterocycles. The molecule has 0 saturated carbocycles. The highest BCUT2D eigenvalue weighted by Crippen LogP contribution is 2.49. The molecule has 0 N–H and O–H groups in total. The maximum absolute atomic E-state index is 12.7. The Labute approximate surface area is 149 Å². The highest BCUT2D eigenvalue weighted by atomic mass is 35.5. The summed E-state index contributed by atoms with van der Waals surface area (Å²) in [4.78, 5) is 23.5. The van der Waals surface area contributed by atoms with E-state index in [2.05, 4.69) is 0 Å². The van der Waals surface area contributed by atoms with E-state index in [0.717, 1.165) is 0 Å². The van der Waals surface area contributed by atoms with Gasteiger partial charge in [0.15, 0.2) is 0 Å². The standard InChI is InChI=1S/C18H16ClNO5/c1-2-24-18(21)16-11-6-3-4-8-14(11)25-15-9-5-7-13(19)17(15)12(16)10-20(22)23/h3-9,12,16H,2,10H2,1H3. The minimum atomic E-state index is -0.873. The highest BCUT2D eigenvalue weighted by molar-refractivity contribution is 6.31. The Kier molecular flexibility index (Phi) is 4.90. The second-order valence-corrected chi connectivity index (χ2v) is 6.05. The van der Waals surface area contributed by atoms with Crippen LogP contribution >= 0.6 is 11.6 Å². The van der Waals surface area contributed by atoms with Crippen LogP contribution in [0, 0.1) is 10.1 Å². The van der Waals surface area contributed by atoms with E-state index in [0.29, 0.717) is 27.6 Å². The first-order valence-electron chi connectivity index (χ1n) is 7.86. The van der Waals surface area contributed by atoms with Crippen LogP contribution in [0.1, 0.15) is 29.9 Å². The van der Waals surface area contributed by atoms with Gasteiger partial charge in [-0.05, 0) is 25.1 Å². The van der Waals surface area contributed by atoms with Gasteiger partial charge in [0, 0.05) is 21.1 Å². The number of rotatable bonds is 4. The van der Waals surface area contributed by atoms with Gasteiger partial charge >= 0.3 is 5.97 Å². The molecule has 25 heavy (non-hydrogen) atoms. The smallest absolute Gasteiger partial charge is 0.314 e. The summed E-state index contributed by atoms with van der Waals surface area (Å²) >= 11 is 6.33. The minimum absolute atomic E-state index is 0.179. The van der Waals surface area contributed by atoms with Crippen molar-refractivity contribution in [1.82, 2.24) is 0 Å². The van der Waals surface area contributed by atoms with Gasteiger partial charge in [0.05, 0.1) is 18.4 Å². The Morgan fingerprint density at radius 2 is 1.96 bits per heavy atom. The van der Waals surface area contributed by atoms with Gasteiger partial charge in [-0.15, -0.1) is 0 Å². The topological polar surface area (TPSA) is 78.7 Å². The molecule has 0 spiro atoms. The molecule has 7 heteroatoms. The number of fused-ring (bicyclic) bond motifs is 2. The van der Waals surface area contributed by atoms with Crippen LogP contribution in [0.5, 0.6) is 11.5 Å². The van der Waals surface area contributed by atoms with Crippen LogP contribution in [-0.4, -0.2) is 24.0 Å². The monoisotopic (exact) mass is 361 g/mol. The highest BCUT2D eigenvalue weighted by Gasteiger charge is 2.42. The van der Waals surface area contributed by atoms with Crippen LogP contribution in [0.25, 0.3) is 0 Å². The lowest BCUT2D eigenvalue weighted by Gasteiger charge is -2.22. The summed E-state index contributed by atoms with van der Waals surface area (Å²) in [5, 5.41) is 11.6. The van der Waals surface area contributed by atoms with Gasteiger partial charge in [0.2, 0.25) is 6.54 Å². The van der Waals surface area contributed by atoms with Crippen molar-refractivity contribution in [1.29, 1.82) is 0 Å². The number of ether oxygens (including phenoxy) is 2. The molecule has 0 saturated heterocycles. The molecule has 2 unspecified atom stereocenters. The number of hydrogen-bond acceptors (Lipinski definition) is 5. The van der Waals surface area contributed by atoms with Gasteiger partial charge in [0.25, 0.3) is 0 Å². The Bertz CT molecular complexity index is 823. The zero-order valence-electron chi connectivity index (χ0n) is 13.5. The van der Waals surface area contributed by atoms with Crippen molar-refractivity contribution in [2.24, 2.45) is 0 Å². The third kappa shape index (κ3) is 3.30. The van der Waals surface area contributed by atoms with Crippen molar-refractivity contribution < 1.29 is 19.2 Å². The van der Waals surface area contributed by atoms with Crippen molar-refractivity contribution in [3.8, 4) is 11.5 Å². The number of carbonyl (C=O) groups is 1. The van der Waals surface area contributed by atoms with E-state index in [1.807, 2.05) is 0 Å². The summed E-state index contributed by atoms with van der Waals surface area (Å²) in [6.45, 7) is 1.41. The number of benzene rings is 2. The molecule has 0 amide bonds. The molecular weight excluding hydrogens is 346 g/mol. The molecule has 130 valence electrons. The van der Waals surface area contributed by atoms with Crippen LogP contribution in [0.4, 0.5) is 0 Å². The van der Waals surface area contributed by atoms with Crippen LogP contribution < -0.4 is 4.74 Å². The van der Waals surface area contributed by atoms with Gasteiger partial charge in [-0.3, -0.25) is 14.9 Å². The molecule has 1 heterocycles. The lowest BCUT2D eigenvalue weighted by molar-refractivity contribution is -0.483. The Balaban J connectivity index is 2.25. The van der Waals surface area contributed by atoms with Crippen molar-refractivity contribution in [2.45, 2.75) is 18.8 Å². The number of hydrogen-bond donors (Lipinski definition) is 0. The lowest BCUT2D eigenvalue weighted by atomic mass is 9.81. The van der Waals surface area contributed by atoms with Gasteiger partial charge in [-0.1, -0.05) is 35.9 Å². The van der Waals surface area contributed by atoms with E-state index in [4.69, 9.17) is 21.1 Å². The Morgan fingerprint density at radius 3 is 2.68 bits per heavy atom. The lowest BCUT2D eigenvalue weighted by Crippen LogP contribution is -2.27. The average Bonchev–Trinajstić information content (AvgIpc) is 2.69. The third-order valence-corrected chi connectivity index (χ3v) is 4.48. The molecular formula is C18H16ClNO5. The van der Waals surface area contributed by atoms with E-state index < -0.39 is 29.3 Å². The summed E-state index contributed by atoms with van der Waals surface area (Å²) in [6.07, 6.45) is 0. The predicted octanol–water partition coefficient (Wildman–Crippen LogP) is 4.15. The van der Waals surface area contributed by atoms with Gasteiger partial charge < -0.3 is 9.47 Å². The zero-order valence-corrected chi connectivity index (χ0v) is 14.2. The zero-order chi connectivity index (χ0) is 18.0. The Hall–Kier alpha value is -2.60. The van der Waals surface area contributed by atoms with E-state index in [-0.39, 0.29) is 6.61 Å². The molecule has 2 aromatic carbocycles. The first-order chi connectivity index (χ1) is 12.0. The van der Waals surface area contributed by atoms with Crippen molar-refractivity contribution >= 4 is 17.6 Å². The summed E-state index contributed by atoms with van der Waals surface area (Å²) in [7, 11) is 0. The second-order valence-electron chi connectivity index (χ2n) is 5.64. The molecule has 0 bridgehead atoms. The molecule has 2 aromatic rings. The fraction of sp³-hybridized carbons (Fsp3) is 0.278. The maximum Gasteiger partial charge on any atom is 0.314 e. The fourth-order valence-electron chi connectivity index (χ4n) is 3.18. The number of nitrogens with zero attached hydrogens (tertiary/aromatic N) is 1. The third-order valence-electron chi connectivity index (χ3n) is 4.15. The van der Waals surface area contributed by atoms with Crippen LogP contribution in [0.3, 0.4) is 0 Å². The largest absolute Gasteiger partial charge is 0.465 e. The van der Waals surface area contributed by atoms with Crippen LogP contribution in [0.15, 0.2) is 42.5 Å². The van der Waals surface area contributed by atoms with E-state index in [1.54, 1.807) is 49.4 Å². The van der Waals surface area contributed by atoms with E-state index >= 15 is 0 Å². The second kappa shape index (κ2) is 7.11. The van der Waals surface area contributed by atoms with Crippen LogP contribution in [-0.2, 0) is 9.53 Å². The summed E-state index contributed by atoms with van der Waals surface area (Å²) in [5.74, 6) is -1.31. The molecule has 3 rings (SSSR count). The summed E-state index contributed by atoms with van der Waals surface area (Å²) in [6, 6.07) is 12.0. The average molecular weight is 362 g/mol. The normalized spacial score (nSPS) is 18.3. The van der Waals surface area contributed by atoms with E-state index in [9.17, 15) is 14.9 Å². The SMILES string of the molecule is CCOC(=O)C1c2ccccc2Oc2cccc(Cl)c2C1C[N+](=O)[O-]. The summed E-state index contributed by atoms with van der Waals surface area (Å²) < 4.78 is 11.1. The first kappa shape index (κ1) is 17.2. The maximum atomic E-state index is 12.7. The van der Waals surface area contributed by atoms with Crippen LogP contribution in [0.2, 0.25) is 5.02 Å². The number of nitro groups is 1. The molecule has 0 fully saturated rings. The number of carbonyl (C=O) groups excluding carboxylic acids is 1. The van der Waals surface area contributed by atoms with E-state index in [1.165, 1.54) is 0 Å². The van der Waals surface area contributed by atoms with Crippen molar-refractivity contribution in [3.63, 3.8) is 0 Å². The number of para-hydroxylation sites is 1. The molecule has 2 atom stereocenters. The first-order valence-corrected chi connectivity index (χ1v) is 8.24. The molecule has 1 aliphatic heterocycles.